The Morgan fingerprint density at radius 3 is 1.58 bits per heavy atom. The largest absolute Gasteiger partial charge is 0.311 e. The van der Waals surface area contributed by atoms with Crippen LogP contribution < -0.4 is 25.5 Å². The van der Waals surface area contributed by atoms with E-state index in [0.717, 1.165) is 0 Å². The van der Waals surface area contributed by atoms with Gasteiger partial charge in [0.05, 0.1) is 5.69 Å². The Labute approximate surface area is 400 Å². The molecule has 13 rings (SSSR count). The Bertz CT molecular complexity index is 3150. The summed E-state index contributed by atoms with van der Waals surface area (Å²) in [5.41, 5.74) is 24.5. The molecule has 4 bridgehead atoms. The molecule has 66 heavy (non-hydrogen) atoms. The molecule has 2 nitrogen and oxygen atoms in total. The Morgan fingerprint density at radius 2 is 0.985 bits per heavy atom. The second kappa shape index (κ2) is 12.5. The van der Waals surface area contributed by atoms with Gasteiger partial charge in [0, 0.05) is 43.3 Å². The van der Waals surface area contributed by atoms with Crippen molar-refractivity contribution < 1.29 is 0 Å². The van der Waals surface area contributed by atoms with Crippen molar-refractivity contribution >= 4 is 78.0 Å². The molecule has 0 saturated heterocycles. The first-order valence-electron chi connectivity index (χ1n) is 25.7. The standard InChI is InChI=1S/C62H71BN2S/c1-55(2,3)36-15-17-38(18-16-36)64-48-32-45-44(60(12)24-25-61(45,13)35-60)31-47(48)63-52-49(64)27-37(56(4,5)6)28-50(52)65(39-19-20-41-42(29-39)58(9,10)22-21-57(41,7)8)53-40-30-43-46(33-51(40)66-54(53)63)62(14)26-23-59(43,11)34-62/h15-20,27-33H,21-26,34-35H2,1-14H3. The third-order valence-corrected chi connectivity index (χ3v) is 20.7. The maximum absolute atomic E-state index is 2.80. The van der Waals surface area contributed by atoms with Crippen LogP contribution >= 0.6 is 11.3 Å². The molecule has 2 aliphatic heterocycles. The van der Waals surface area contributed by atoms with Gasteiger partial charge in [0.2, 0.25) is 0 Å². The average Bonchev–Trinajstić information content (AvgIpc) is 4.00. The normalized spacial score (nSPS) is 28.1. The van der Waals surface area contributed by atoms with Gasteiger partial charge < -0.3 is 9.80 Å². The van der Waals surface area contributed by atoms with Gasteiger partial charge in [-0.1, -0.05) is 121 Å². The molecule has 7 aliphatic rings. The number of benzene rings is 5. The number of thiophene rings is 1. The molecular weight excluding hydrogens is 816 g/mol. The van der Waals surface area contributed by atoms with Crippen LogP contribution in [0.3, 0.4) is 0 Å². The van der Waals surface area contributed by atoms with Crippen molar-refractivity contribution in [3.05, 3.63) is 123 Å². The van der Waals surface area contributed by atoms with Gasteiger partial charge in [-0.3, -0.25) is 0 Å². The number of hydrogen-bond acceptors (Lipinski definition) is 3. The van der Waals surface area contributed by atoms with Gasteiger partial charge in [0.15, 0.2) is 0 Å². The van der Waals surface area contributed by atoms with Crippen molar-refractivity contribution in [3.63, 3.8) is 0 Å². The van der Waals surface area contributed by atoms with E-state index < -0.39 is 0 Å². The maximum Gasteiger partial charge on any atom is 0.264 e. The highest BCUT2D eigenvalue weighted by atomic mass is 32.1. The highest BCUT2D eigenvalue weighted by molar-refractivity contribution is 7.33. The van der Waals surface area contributed by atoms with Crippen LogP contribution in [0.25, 0.3) is 10.1 Å². The average molecular weight is 887 g/mol. The lowest BCUT2D eigenvalue weighted by Gasteiger charge is -2.46. The highest BCUT2D eigenvalue weighted by Gasteiger charge is 2.56. The monoisotopic (exact) mass is 887 g/mol. The smallest absolute Gasteiger partial charge is 0.264 e. The van der Waals surface area contributed by atoms with Crippen LogP contribution in [0.5, 0.6) is 0 Å². The van der Waals surface area contributed by atoms with Crippen LogP contribution in [-0.4, -0.2) is 6.71 Å². The molecule has 2 fully saturated rings. The Kier molecular flexibility index (Phi) is 7.92. The molecule has 4 atom stereocenters. The molecule has 4 unspecified atom stereocenters. The molecule has 0 amide bonds. The van der Waals surface area contributed by atoms with Gasteiger partial charge in [0.25, 0.3) is 6.71 Å². The van der Waals surface area contributed by atoms with Gasteiger partial charge in [-0.15, -0.1) is 11.3 Å². The van der Waals surface area contributed by atoms with Crippen molar-refractivity contribution in [1.29, 1.82) is 0 Å². The molecule has 3 heterocycles. The molecule has 6 aromatic rings. The maximum atomic E-state index is 2.80. The van der Waals surface area contributed by atoms with Crippen molar-refractivity contribution in [2.45, 2.75) is 192 Å². The number of nitrogens with zero attached hydrogens (tertiary/aromatic N) is 2. The van der Waals surface area contributed by atoms with Gasteiger partial charge in [-0.25, -0.2) is 0 Å². The van der Waals surface area contributed by atoms with Crippen LogP contribution in [0.2, 0.25) is 0 Å². The van der Waals surface area contributed by atoms with E-state index >= 15 is 0 Å². The molecule has 4 heteroatoms. The minimum atomic E-state index is -0.0726. The van der Waals surface area contributed by atoms with Crippen molar-refractivity contribution in [3.8, 4) is 0 Å². The summed E-state index contributed by atoms with van der Waals surface area (Å²) in [6, 6.07) is 33.5. The molecule has 0 N–H and O–H groups in total. The van der Waals surface area contributed by atoms with E-state index in [2.05, 4.69) is 197 Å². The van der Waals surface area contributed by atoms with E-state index in [4.69, 9.17) is 0 Å². The summed E-state index contributed by atoms with van der Waals surface area (Å²) in [6.07, 6.45) is 10.1. The van der Waals surface area contributed by atoms with Crippen molar-refractivity contribution in [1.82, 2.24) is 0 Å². The zero-order chi connectivity index (χ0) is 46.3. The second-order valence-electron chi connectivity index (χ2n) is 27.3. The molecular formula is C62H71BN2S. The van der Waals surface area contributed by atoms with Crippen LogP contribution in [-0.2, 0) is 43.3 Å². The van der Waals surface area contributed by atoms with Crippen molar-refractivity contribution in [2.24, 2.45) is 0 Å². The summed E-state index contributed by atoms with van der Waals surface area (Å²) in [7, 11) is 0. The highest BCUT2D eigenvalue weighted by Crippen LogP contribution is 2.64. The summed E-state index contributed by atoms with van der Waals surface area (Å²) in [4.78, 5) is 5.51. The zero-order valence-corrected chi connectivity index (χ0v) is 43.4. The predicted octanol–water partition coefficient (Wildman–Crippen LogP) is 15.4. The third-order valence-electron chi connectivity index (χ3n) is 19.5. The molecule has 338 valence electrons. The third kappa shape index (κ3) is 5.38. The van der Waals surface area contributed by atoms with E-state index in [0.29, 0.717) is 0 Å². The molecule has 5 aromatic carbocycles. The first-order valence-corrected chi connectivity index (χ1v) is 26.5. The van der Waals surface area contributed by atoms with Gasteiger partial charge in [0.1, 0.15) is 0 Å². The fourth-order valence-corrected chi connectivity index (χ4v) is 16.8. The fourth-order valence-electron chi connectivity index (χ4n) is 15.5. The first-order chi connectivity index (χ1) is 30.8. The number of anilines is 6. The number of rotatable bonds is 2. The molecule has 2 saturated carbocycles. The van der Waals surface area contributed by atoms with Gasteiger partial charge in [-0.2, -0.15) is 0 Å². The van der Waals surface area contributed by atoms with E-state index in [-0.39, 0.29) is 50.0 Å². The topological polar surface area (TPSA) is 6.48 Å². The molecule has 5 aliphatic carbocycles. The summed E-state index contributed by atoms with van der Waals surface area (Å²) in [5, 5.41) is 1.46. The summed E-state index contributed by atoms with van der Waals surface area (Å²) >= 11 is 2.12. The van der Waals surface area contributed by atoms with E-state index in [1.807, 2.05) is 0 Å². The van der Waals surface area contributed by atoms with E-state index in [1.165, 1.54) is 134 Å². The predicted molar refractivity (Wildman–Crippen MR) is 286 cm³/mol. The Morgan fingerprint density at radius 1 is 0.470 bits per heavy atom. The molecule has 0 radical (unpaired) electrons. The second-order valence-corrected chi connectivity index (χ2v) is 28.4. The quantitative estimate of drug-likeness (QED) is 0.160. The van der Waals surface area contributed by atoms with Crippen molar-refractivity contribution in [2.75, 3.05) is 9.80 Å². The first kappa shape index (κ1) is 41.9. The summed E-state index contributed by atoms with van der Waals surface area (Å²) in [6.45, 7) is 34.6. The van der Waals surface area contributed by atoms with Crippen LogP contribution in [0.15, 0.2) is 78.9 Å². The Balaban J connectivity index is 1.16. The van der Waals surface area contributed by atoms with Gasteiger partial charge in [-0.05, 0) is 205 Å². The number of hydrogen-bond donors (Lipinski definition) is 0. The van der Waals surface area contributed by atoms with E-state index in [1.54, 1.807) is 22.3 Å². The Hall–Kier alpha value is -4.28. The molecule has 1 aromatic heterocycles. The number of fused-ring (bicyclic) bond motifs is 17. The minimum Gasteiger partial charge on any atom is -0.311 e. The lowest BCUT2D eigenvalue weighted by molar-refractivity contribution is 0.332. The fraction of sp³-hybridized carbons (Fsp3) is 0.484. The van der Waals surface area contributed by atoms with Gasteiger partial charge >= 0.3 is 0 Å². The van der Waals surface area contributed by atoms with Crippen LogP contribution in [0, 0.1) is 0 Å². The van der Waals surface area contributed by atoms with Crippen LogP contribution in [0.4, 0.5) is 34.1 Å². The van der Waals surface area contributed by atoms with Crippen LogP contribution in [0.1, 0.15) is 193 Å². The lowest BCUT2D eigenvalue weighted by Crippen LogP contribution is -2.61. The molecule has 0 spiro atoms. The zero-order valence-electron chi connectivity index (χ0n) is 42.5. The summed E-state index contributed by atoms with van der Waals surface area (Å²) in [5.74, 6) is 0. The SMILES string of the molecule is CC(C)(C)c1ccc(N2c3cc4c(cc3B3c5sc6cc7c(cc6c5N(c5ccc6c(c5)C(C)(C)CCC6(C)C)c5cc(C(C)(C)C)cc2c53)C2(C)CCC7(C)C2)C2(C)CCC4(C)C2)cc1. The lowest BCUT2D eigenvalue weighted by atomic mass is 9.35. The summed E-state index contributed by atoms with van der Waals surface area (Å²) < 4.78 is 2.99. The van der Waals surface area contributed by atoms with E-state index in [9.17, 15) is 0 Å². The minimum absolute atomic E-state index is 0.0726.